The van der Waals surface area contributed by atoms with Gasteiger partial charge >= 0.3 is 0 Å². The molecule has 2 aromatic rings. The molecule has 0 bridgehead atoms. The molecule has 1 aromatic heterocycles. The summed E-state index contributed by atoms with van der Waals surface area (Å²) in [6, 6.07) is 6.35. The molecule has 0 radical (unpaired) electrons. The number of phenols is 1. The Morgan fingerprint density at radius 2 is 1.38 bits per heavy atom. The van der Waals surface area contributed by atoms with Gasteiger partial charge in [0.05, 0.1) is 0 Å². The Morgan fingerprint density at radius 3 is 1.71 bits per heavy atom. The molecule has 114 valence electrons. The van der Waals surface area contributed by atoms with Gasteiger partial charge in [0.15, 0.2) is 0 Å². The van der Waals surface area contributed by atoms with Crippen LogP contribution >= 0.6 is 0 Å². The fraction of sp³-hybridized carbons (Fsp3) is 0.474. The van der Waals surface area contributed by atoms with Crippen molar-refractivity contribution in [1.29, 1.82) is 0 Å². The summed E-state index contributed by atoms with van der Waals surface area (Å²) in [6.07, 6.45) is 1.96. The predicted octanol–water partition coefficient (Wildman–Crippen LogP) is 5.29. The fourth-order valence-electron chi connectivity index (χ4n) is 2.70. The third-order valence-corrected chi connectivity index (χ3v) is 3.99. The third kappa shape index (κ3) is 2.99. The summed E-state index contributed by atoms with van der Waals surface area (Å²) in [6.45, 7) is 14.9. The molecular formula is C19H27NO. The van der Waals surface area contributed by atoms with Crippen LogP contribution in [0.15, 0.2) is 24.4 Å². The molecule has 1 aromatic carbocycles. The monoisotopic (exact) mass is 285 g/mol. The average molecular weight is 285 g/mol. The van der Waals surface area contributed by atoms with E-state index in [2.05, 4.69) is 71.6 Å². The van der Waals surface area contributed by atoms with Crippen LogP contribution in [0.1, 0.15) is 58.4 Å². The van der Waals surface area contributed by atoms with Crippen molar-refractivity contribution in [3.05, 3.63) is 41.2 Å². The van der Waals surface area contributed by atoms with Gasteiger partial charge in [-0.15, -0.1) is 0 Å². The van der Waals surface area contributed by atoms with Crippen molar-refractivity contribution in [3.63, 3.8) is 0 Å². The molecule has 0 saturated heterocycles. The number of benzene rings is 1. The number of hydrogen-bond acceptors (Lipinski definition) is 1. The molecule has 0 unspecified atom stereocenters. The minimum atomic E-state index is -0.0930. The lowest BCUT2D eigenvalue weighted by Gasteiger charge is -2.28. The molecule has 2 rings (SSSR count). The highest BCUT2D eigenvalue weighted by molar-refractivity contribution is 5.70. The summed E-state index contributed by atoms with van der Waals surface area (Å²) in [5, 5.41) is 10.7. The first-order valence-electron chi connectivity index (χ1n) is 7.54. The van der Waals surface area contributed by atoms with Gasteiger partial charge in [-0.2, -0.15) is 0 Å². The summed E-state index contributed by atoms with van der Waals surface area (Å²) >= 11 is 0. The van der Waals surface area contributed by atoms with Gasteiger partial charge in [0.1, 0.15) is 5.75 Å². The number of rotatable bonds is 1. The summed E-state index contributed by atoms with van der Waals surface area (Å²) in [5.74, 6) is 0.437. The van der Waals surface area contributed by atoms with Crippen molar-refractivity contribution in [2.45, 2.75) is 59.3 Å². The van der Waals surface area contributed by atoms with E-state index >= 15 is 0 Å². The molecular weight excluding hydrogens is 258 g/mol. The van der Waals surface area contributed by atoms with E-state index in [9.17, 15) is 5.11 Å². The first-order valence-corrected chi connectivity index (χ1v) is 7.54. The molecule has 0 saturated carbocycles. The molecule has 0 spiro atoms. The van der Waals surface area contributed by atoms with Crippen LogP contribution in [-0.2, 0) is 10.8 Å². The number of aryl methyl sites for hydroxylation is 1. The lowest BCUT2D eigenvalue weighted by molar-refractivity contribution is 0.423. The molecule has 1 heterocycles. The topological polar surface area (TPSA) is 36.0 Å². The SMILES string of the molecule is Cc1[nH]ccc1-c1cc(C(C)(C)C)c(O)c(C(C)(C)C)c1. The van der Waals surface area contributed by atoms with E-state index in [1.54, 1.807) is 0 Å². The Bertz CT molecular complexity index is 616. The van der Waals surface area contributed by atoms with Crippen molar-refractivity contribution in [1.82, 2.24) is 4.98 Å². The zero-order chi connectivity index (χ0) is 16.0. The van der Waals surface area contributed by atoms with Gasteiger partial charge in [-0.25, -0.2) is 0 Å². The van der Waals surface area contributed by atoms with Crippen molar-refractivity contribution in [3.8, 4) is 16.9 Å². The minimum Gasteiger partial charge on any atom is -0.507 e. The quantitative estimate of drug-likeness (QED) is 0.733. The van der Waals surface area contributed by atoms with Crippen LogP contribution < -0.4 is 0 Å². The molecule has 0 aliphatic heterocycles. The number of nitrogens with one attached hydrogen (secondary N) is 1. The van der Waals surface area contributed by atoms with Gasteiger partial charge in [-0.3, -0.25) is 0 Å². The van der Waals surface area contributed by atoms with E-state index in [-0.39, 0.29) is 10.8 Å². The molecule has 0 atom stereocenters. The van der Waals surface area contributed by atoms with E-state index in [1.165, 1.54) is 11.1 Å². The first-order chi connectivity index (χ1) is 9.51. The first kappa shape index (κ1) is 15.7. The van der Waals surface area contributed by atoms with Crippen molar-refractivity contribution < 1.29 is 5.11 Å². The highest BCUT2D eigenvalue weighted by atomic mass is 16.3. The fourth-order valence-corrected chi connectivity index (χ4v) is 2.70. The van der Waals surface area contributed by atoms with E-state index in [1.807, 2.05) is 6.20 Å². The van der Waals surface area contributed by atoms with E-state index in [0.29, 0.717) is 5.75 Å². The van der Waals surface area contributed by atoms with Gasteiger partial charge in [0.25, 0.3) is 0 Å². The van der Waals surface area contributed by atoms with Crippen LogP contribution in [0.4, 0.5) is 0 Å². The Morgan fingerprint density at radius 1 is 0.905 bits per heavy atom. The zero-order valence-electron chi connectivity index (χ0n) is 14.3. The molecule has 2 heteroatoms. The van der Waals surface area contributed by atoms with Crippen molar-refractivity contribution >= 4 is 0 Å². The second-order valence-electron chi connectivity index (χ2n) is 7.94. The molecule has 2 nitrogen and oxygen atoms in total. The number of aromatic nitrogens is 1. The number of hydrogen-bond donors (Lipinski definition) is 2. The van der Waals surface area contributed by atoms with Crippen LogP contribution in [0.5, 0.6) is 5.75 Å². The summed E-state index contributed by atoms with van der Waals surface area (Å²) in [4.78, 5) is 3.24. The zero-order valence-corrected chi connectivity index (χ0v) is 14.3. The Hall–Kier alpha value is -1.70. The molecule has 0 fully saturated rings. The Kier molecular flexibility index (Phi) is 3.69. The summed E-state index contributed by atoms with van der Waals surface area (Å²) in [5.41, 5.74) is 5.35. The Labute approximate surface area is 128 Å². The predicted molar refractivity (Wildman–Crippen MR) is 90.0 cm³/mol. The van der Waals surface area contributed by atoms with Crippen LogP contribution in [0.2, 0.25) is 0 Å². The molecule has 21 heavy (non-hydrogen) atoms. The van der Waals surface area contributed by atoms with Crippen LogP contribution in [0, 0.1) is 6.92 Å². The molecule has 0 amide bonds. The number of phenolic OH excluding ortho intramolecular Hbond substituents is 1. The number of aromatic amines is 1. The molecule has 2 N–H and O–H groups in total. The second-order valence-corrected chi connectivity index (χ2v) is 7.94. The smallest absolute Gasteiger partial charge is 0.123 e. The maximum Gasteiger partial charge on any atom is 0.123 e. The maximum absolute atomic E-state index is 10.7. The normalized spacial score (nSPS) is 12.7. The highest BCUT2D eigenvalue weighted by Gasteiger charge is 2.27. The summed E-state index contributed by atoms with van der Waals surface area (Å²) < 4.78 is 0. The van der Waals surface area contributed by atoms with Gasteiger partial charge in [-0.05, 0) is 41.5 Å². The minimum absolute atomic E-state index is 0.0930. The van der Waals surface area contributed by atoms with E-state index in [4.69, 9.17) is 0 Å². The molecule has 0 aliphatic rings. The van der Waals surface area contributed by atoms with E-state index < -0.39 is 0 Å². The third-order valence-electron chi connectivity index (χ3n) is 3.99. The summed E-state index contributed by atoms with van der Waals surface area (Å²) in [7, 11) is 0. The van der Waals surface area contributed by atoms with E-state index in [0.717, 1.165) is 16.8 Å². The second kappa shape index (κ2) is 4.94. The number of aromatic hydroxyl groups is 1. The van der Waals surface area contributed by atoms with Crippen LogP contribution in [0.25, 0.3) is 11.1 Å². The van der Waals surface area contributed by atoms with Crippen LogP contribution in [0.3, 0.4) is 0 Å². The lowest BCUT2D eigenvalue weighted by Crippen LogP contribution is -2.17. The van der Waals surface area contributed by atoms with Crippen molar-refractivity contribution in [2.75, 3.05) is 0 Å². The Balaban J connectivity index is 2.78. The van der Waals surface area contributed by atoms with Crippen molar-refractivity contribution in [2.24, 2.45) is 0 Å². The van der Waals surface area contributed by atoms with Crippen LogP contribution in [-0.4, -0.2) is 10.1 Å². The highest BCUT2D eigenvalue weighted by Crippen LogP contribution is 2.42. The lowest BCUT2D eigenvalue weighted by atomic mass is 9.78. The largest absolute Gasteiger partial charge is 0.507 e. The van der Waals surface area contributed by atoms with Gasteiger partial charge in [0, 0.05) is 28.6 Å². The number of H-pyrrole nitrogens is 1. The molecule has 0 aliphatic carbocycles. The standard InChI is InChI=1S/C19H27NO/c1-12-14(8-9-20-12)13-10-15(18(2,3)4)17(21)16(11-13)19(5,6)7/h8-11,20-21H,1-7H3. The maximum atomic E-state index is 10.7. The van der Waals surface area contributed by atoms with Gasteiger partial charge < -0.3 is 10.1 Å². The average Bonchev–Trinajstić information content (AvgIpc) is 2.72. The van der Waals surface area contributed by atoms with Gasteiger partial charge in [0.2, 0.25) is 0 Å². The van der Waals surface area contributed by atoms with Gasteiger partial charge in [-0.1, -0.05) is 41.5 Å².